The van der Waals surface area contributed by atoms with Crippen LogP contribution in [0, 0.1) is 0 Å². The highest BCUT2D eigenvalue weighted by molar-refractivity contribution is 7.94. The molecule has 3 aromatic rings. The molecule has 22 heavy (non-hydrogen) atoms. The number of sulfone groups is 1. The zero-order valence-corrected chi connectivity index (χ0v) is 12.4. The van der Waals surface area contributed by atoms with E-state index in [1.165, 1.54) is 12.1 Å². The van der Waals surface area contributed by atoms with Gasteiger partial charge >= 0.3 is 0 Å². The molecule has 0 atom stereocenters. The van der Waals surface area contributed by atoms with Crippen molar-refractivity contribution in [3.63, 3.8) is 0 Å². The number of aromatic nitrogens is 1. The largest absolute Gasteiger partial charge is 0.360 e. The first-order valence-electron chi connectivity index (χ1n) is 6.66. The van der Waals surface area contributed by atoms with Crippen LogP contribution in [0.5, 0.6) is 0 Å². The van der Waals surface area contributed by atoms with Crippen molar-refractivity contribution in [2.45, 2.75) is 4.90 Å². The molecule has 0 bridgehead atoms. The third-order valence-electron chi connectivity index (χ3n) is 3.33. The van der Waals surface area contributed by atoms with E-state index in [1.54, 1.807) is 24.4 Å². The molecule has 0 saturated heterocycles. The molecule has 0 radical (unpaired) electrons. The summed E-state index contributed by atoms with van der Waals surface area (Å²) in [5, 5.41) is 1.72. The average molecular weight is 311 g/mol. The lowest BCUT2D eigenvalue weighted by molar-refractivity contribution is 0.104. The second kappa shape index (κ2) is 5.61. The van der Waals surface area contributed by atoms with Gasteiger partial charge in [-0.25, -0.2) is 8.42 Å². The van der Waals surface area contributed by atoms with Gasteiger partial charge in [-0.2, -0.15) is 0 Å². The van der Waals surface area contributed by atoms with Crippen LogP contribution in [0.15, 0.2) is 77.2 Å². The number of fused-ring (bicyclic) bond motifs is 1. The Morgan fingerprint density at radius 3 is 2.41 bits per heavy atom. The number of para-hydroxylation sites is 1. The summed E-state index contributed by atoms with van der Waals surface area (Å²) in [6.45, 7) is 0. The Bertz CT molecular complexity index is 954. The molecule has 0 spiro atoms. The van der Waals surface area contributed by atoms with E-state index in [-0.39, 0.29) is 10.7 Å². The average Bonchev–Trinajstić information content (AvgIpc) is 2.98. The summed E-state index contributed by atoms with van der Waals surface area (Å²) in [6, 6.07) is 15.4. The molecule has 1 aromatic heterocycles. The zero-order valence-electron chi connectivity index (χ0n) is 11.6. The second-order valence-corrected chi connectivity index (χ2v) is 6.61. The summed E-state index contributed by atoms with van der Waals surface area (Å²) < 4.78 is 24.2. The molecule has 0 aliphatic carbocycles. The van der Waals surface area contributed by atoms with E-state index in [0.717, 1.165) is 22.4 Å². The maximum atomic E-state index is 12.2. The molecular formula is C17H13NO3S. The minimum Gasteiger partial charge on any atom is -0.360 e. The van der Waals surface area contributed by atoms with Gasteiger partial charge in [-0.15, -0.1) is 0 Å². The topological polar surface area (TPSA) is 67.0 Å². The summed E-state index contributed by atoms with van der Waals surface area (Å²) >= 11 is 0. The molecule has 1 N–H and O–H groups in total. The highest BCUT2D eigenvalue weighted by Gasteiger charge is 2.13. The third-order valence-corrected chi connectivity index (χ3v) is 4.75. The van der Waals surface area contributed by atoms with Crippen molar-refractivity contribution in [1.29, 1.82) is 0 Å². The molecule has 4 nitrogen and oxygen atoms in total. The number of H-pyrrole nitrogens is 1. The van der Waals surface area contributed by atoms with Gasteiger partial charge in [0.2, 0.25) is 0 Å². The maximum Gasteiger partial charge on any atom is 0.199 e. The number of hydrogen-bond donors (Lipinski definition) is 1. The number of carbonyl (C=O) groups is 1. The SMILES string of the molecule is O=C(/C=C/S(=O)(=O)c1ccccc1)c1c[nH]c2ccccc12. The van der Waals surface area contributed by atoms with E-state index in [0.29, 0.717) is 5.56 Å². The predicted octanol–water partition coefficient (Wildman–Crippen LogP) is 3.34. The van der Waals surface area contributed by atoms with Crippen molar-refractivity contribution in [2.24, 2.45) is 0 Å². The van der Waals surface area contributed by atoms with Crippen LogP contribution in [0.3, 0.4) is 0 Å². The Balaban J connectivity index is 1.91. The summed E-state index contributed by atoms with van der Waals surface area (Å²) in [6.07, 6.45) is 2.68. The lowest BCUT2D eigenvalue weighted by atomic mass is 10.1. The monoisotopic (exact) mass is 311 g/mol. The normalized spacial score (nSPS) is 12.0. The molecule has 0 aliphatic rings. The highest BCUT2D eigenvalue weighted by atomic mass is 32.2. The van der Waals surface area contributed by atoms with Crippen molar-refractivity contribution < 1.29 is 13.2 Å². The van der Waals surface area contributed by atoms with Gasteiger partial charge in [0.1, 0.15) is 0 Å². The molecule has 0 amide bonds. The fraction of sp³-hybridized carbons (Fsp3) is 0. The molecule has 0 aliphatic heterocycles. The summed E-state index contributed by atoms with van der Waals surface area (Å²) in [4.78, 5) is 15.4. The van der Waals surface area contributed by atoms with Crippen LogP contribution >= 0.6 is 0 Å². The van der Waals surface area contributed by atoms with Crippen LogP contribution in [0.2, 0.25) is 0 Å². The molecule has 0 fully saturated rings. The van der Waals surface area contributed by atoms with Gasteiger partial charge in [0, 0.05) is 28.1 Å². The summed E-state index contributed by atoms with van der Waals surface area (Å²) in [5.74, 6) is -0.350. The fourth-order valence-electron chi connectivity index (χ4n) is 2.21. The Labute approximate surface area is 128 Å². The van der Waals surface area contributed by atoms with Crippen LogP contribution in [0.4, 0.5) is 0 Å². The van der Waals surface area contributed by atoms with Gasteiger partial charge in [-0.3, -0.25) is 4.79 Å². The van der Waals surface area contributed by atoms with Crippen LogP contribution in [0.1, 0.15) is 10.4 Å². The fourth-order valence-corrected chi connectivity index (χ4v) is 3.20. The number of aromatic amines is 1. The molecule has 110 valence electrons. The lowest BCUT2D eigenvalue weighted by Crippen LogP contribution is -1.99. The number of carbonyl (C=O) groups excluding carboxylic acids is 1. The Morgan fingerprint density at radius 1 is 0.955 bits per heavy atom. The summed E-state index contributed by atoms with van der Waals surface area (Å²) in [5.41, 5.74) is 1.29. The van der Waals surface area contributed by atoms with Gasteiger partial charge in [0.25, 0.3) is 0 Å². The van der Waals surface area contributed by atoms with Gasteiger partial charge in [0.05, 0.1) is 4.90 Å². The molecule has 3 rings (SSSR count). The number of hydrogen-bond acceptors (Lipinski definition) is 3. The van der Waals surface area contributed by atoms with E-state index in [4.69, 9.17) is 0 Å². The van der Waals surface area contributed by atoms with Gasteiger partial charge in [-0.05, 0) is 24.3 Å². The first-order valence-corrected chi connectivity index (χ1v) is 8.21. The second-order valence-electron chi connectivity index (χ2n) is 4.77. The van der Waals surface area contributed by atoms with Crippen LogP contribution < -0.4 is 0 Å². The van der Waals surface area contributed by atoms with Crippen molar-refractivity contribution in [3.8, 4) is 0 Å². The van der Waals surface area contributed by atoms with E-state index < -0.39 is 9.84 Å². The Kier molecular flexibility index (Phi) is 3.65. The van der Waals surface area contributed by atoms with Crippen LogP contribution in [-0.4, -0.2) is 19.2 Å². The number of rotatable bonds is 4. The van der Waals surface area contributed by atoms with Crippen LogP contribution in [0.25, 0.3) is 10.9 Å². The lowest BCUT2D eigenvalue weighted by Gasteiger charge is -1.98. The first-order chi connectivity index (χ1) is 10.6. The van der Waals surface area contributed by atoms with Gasteiger partial charge in [0.15, 0.2) is 15.6 Å². The molecule has 2 aromatic carbocycles. The number of ketones is 1. The smallest absolute Gasteiger partial charge is 0.199 e. The van der Waals surface area contributed by atoms with Crippen molar-refractivity contribution in [3.05, 3.63) is 77.8 Å². The summed E-state index contributed by atoms with van der Waals surface area (Å²) in [7, 11) is -3.61. The van der Waals surface area contributed by atoms with Crippen molar-refractivity contribution >= 4 is 26.5 Å². The standard InChI is InChI=1S/C17H13NO3S/c19-17(15-12-18-16-9-5-4-8-14(15)16)10-11-22(20,21)13-6-2-1-3-7-13/h1-12,18H/b11-10+. The Morgan fingerprint density at radius 2 is 1.64 bits per heavy atom. The molecule has 0 unspecified atom stereocenters. The first kappa shape index (κ1) is 14.3. The maximum absolute atomic E-state index is 12.2. The van der Waals surface area contributed by atoms with Crippen LogP contribution in [-0.2, 0) is 9.84 Å². The van der Waals surface area contributed by atoms with E-state index in [1.807, 2.05) is 24.3 Å². The van der Waals surface area contributed by atoms with Crippen molar-refractivity contribution in [2.75, 3.05) is 0 Å². The van der Waals surface area contributed by atoms with E-state index in [2.05, 4.69) is 4.98 Å². The van der Waals surface area contributed by atoms with Gasteiger partial charge in [-0.1, -0.05) is 36.4 Å². The molecular weight excluding hydrogens is 298 g/mol. The molecule has 1 heterocycles. The minimum absolute atomic E-state index is 0.165. The van der Waals surface area contributed by atoms with Gasteiger partial charge < -0.3 is 4.98 Å². The number of benzene rings is 2. The van der Waals surface area contributed by atoms with E-state index >= 15 is 0 Å². The number of nitrogens with one attached hydrogen (secondary N) is 1. The quantitative estimate of drug-likeness (QED) is 0.593. The minimum atomic E-state index is -3.61. The Hall–Kier alpha value is -2.66. The zero-order chi connectivity index (χ0) is 15.6. The van der Waals surface area contributed by atoms with Crippen molar-refractivity contribution in [1.82, 2.24) is 4.98 Å². The predicted molar refractivity (Wildman–Crippen MR) is 85.4 cm³/mol. The number of allylic oxidation sites excluding steroid dienone is 1. The molecule has 0 saturated carbocycles. The van der Waals surface area contributed by atoms with E-state index in [9.17, 15) is 13.2 Å². The molecule has 5 heteroatoms. The third kappa shape index (κ3) is 2.71. The highest BCUT2D eigenvalue weighted by Crippen LogP contribution is 2.19.